The number of benzene rings is 3. The Morgan fingerprint density at radius 3 is 2.25 bits per heavy atom. The Labute approximate surface area is 224 Å². The monoisotopic (exact) mass is 574 g/mol. The van der Waals surface area contributed by atoms with Crippen molar-refractivity contribution in [3.63, 3.8) is 0 Å². The summed E-state index contributed by atoms with van der Waals surface area (Å²) in [4.78, 5) is 27.3. The van der Waals surface area contributed by atoms with Crippen LogP contribution in [0.15, 0.2) is 60.7 Å². The van der Waals surface area contributed by atoms with Crippen molar-refractivity contribution in [1.29, 1.82) is 0 Å². The van der Waals surface area contributed by atoms with Crippen LogP contribution in [0.1, 0.15) is 33.8 Å². The lowest BCUT2D eigenvalue weighted by Gasteiger charge is -2.18. The van der Waals surface area contributed by atoms with E-state index in [4.69, 9.17) is 46.4 Å². The molecule has 36 heavy (non-hydrogen) atoms. The molecule has 188 valence electrons. The van der Waals surface area contributed by atoms with Gasteiger partial charge in [0.25, 0.3) is 12.3 Å². The van der Waals surface area contributed by atoms with E-state index in [1.165, 1.54) is 72.6 Å². The average Bonchev–Trinajstić information content (AvgIpc) is 3.41. The highest BCUT2D eigenvalue weighted by molar-refractivity contribution is 6.53. The van der Waals surface area contributed by atoms with Crippen molar-refractivity contribution >= 4 is 69.6 Å². The van der Waals surface area contributed by atoms with Crippen LogP contribution in [0.2, 0.25) is 10.0 Å². The Kier molecular flexibility index (Phi) is 7.49. The van der Waals surface area contributed by atoms with E-state index < -0.39 is 40.2 Å². The second-order valence-corrected chi connectivity index (χ2v) is 10.5. The minimum Gasteiger partial charge on any atom is -0.326 e. The maximum absolute atomic E-state index is 13.2. The summed E-state index contributed by atoms with van der Waals surface area (Å²) in [5.41, 5.74) is 0.925. The molecule has 0 unspecified atom stereocenters. The zero-order chi connectivity index (χ0) is 26.4. The topological polar surface area (TPSA) is 49.4 Å². The Morgan fingerprint density at radius 1 is 0.972 bits per heavy atom. The molecular weight excluding hydrogens is 559 g/mol. The van der Waals surface area contributed by atoms with Gasteiger partial charge in [-0.05, 0) is 54.1 Å². The zero-order valence-corrected chi connectivity index (χ0v) is 21.4. The smallest absolute Gasteiger partial charge is 0.265 e. The molecule has 0 bridgehead atoms. The van der Waals surface area contributed by atoms with E-state index in [0.29, 0.717) is 11.3 Å². The molecule has 1 saturated carbocycles. The first-order valence-electron chi connectivity index (χ1n) is 10.5. The number of anilines is 2. The number of halogens is 7. The maximum atomic E-state index is 13.2. The van der Waals surface area contributed by atoms with E-state index in [2.05, 4.69) is 5.32 Å². The van der Waals surface area contributed by atoms with Gasteiger partial charge in [-0.15, -0.1) is 23.2 Å². The molecule has 3 aromatic carbocycles. The number of nitrogens with one attached hydrogen (secondary N) is 1. The van der Waals surface area contributed by atoms with Gasteiger partial charge in [-0.25, -0.2) is 13.2 Å². The minimum atomic E-state index is -2.74. The van der Waals surface area contributed by atoms with Gasteiger partial charge in [0.15, 0.2) is 0 Å². The van der Waals surface area contributed by atoms with Gasteiger partial charge in [0.1, 0.15) is 10.2 Å². The van der Waals surface area contributed by atoms with Gasteiger partial charge in [0.05, 0.1) is 16.5 Å². The largest absolute Gasteiger partial charge is 0.326 e. The lowest BCUT2D eigenvalue weighted by atomic mass is 10.1. The van der Waals surface area contributed by atoms with Crippen LogP contribution in [0, 0.1) is 11.7 Å². The van der Waals surface area contributed by atoms with Crippen molar-refractivity contribution < 1.29 is 22.8 Å². The third-order valence-electron chi connectivity index (χ3n) is 5.94. The number of hydrogen-bond acceptors (Lipinski definition) is 2. The summed E-state index contributed by atoms with van der Waals surface area (Å²) in [5, 5.41) is 2.67. The van der Waals surface area contributed by atoms with Crippen molar-refractivity contribution in [2.75, 3.05) is 17.3 Å². The Bertz CT molecular complexity index is 1340. The molecule has 1 aliphatic carbocycles. The minimum absolute atomic E-state index is 0.103. The summed E-state index contributed by atoms with van der Waals surface area (Å²) in [6, 6.07) is 13.6. The number of amides is 2. The van der Waals surface area contributed by atoms with Crippen LogP contribution in [-0.2, 0) is 4.79 Å². The van der Waals surface area contributed by atoms with Gasteiger partial charge in [-0.2, -0.15) is 0 Å². The quantitative estimate of drug-likeness (QED) is 0.304. The van der Waals surface area contributed by atoms with Crippen LogP contribution >= 0.6 is 46.4 Å². The van der Waals surface area contributed by atoms with Gasteiger partial charge in [0.2, 0.25) is 5.91 Å². The first kappa shape index (κ1) is 26.6. The van der Waals surface area contributed by atoms with E-state index in [1.807, 2.05) is 0 Å². The summed E-state index contributed by atoms with van der Waals surface area (Å²) >= 11 is 24.9. The standard InChI is InChI=1S/C25H17Cl4F3N2O2/c1-34(15-6-3-13(30)4-7-15)24(36)17-11-14(5-9-18(17)26)33-23(35)21-20(25(21,28)29)12-2-8-16(22(31)32)19(27)10-12/h2-11,20-22H,1H3,(H,33,35)/t20-,21+/m0/s1. The second kappa shape index (κ2) is 10.1. The van der Waals surface area contributed by atoms with Gasteiger partial charge < -0.3 is 10.2 Å². The molecule has 4 nitrogen and oxygen atoms in total. The molecule has 0 radical (unpaired) electrons. The molecule has 0 aliphatic heterocycles. The van der Waals surface area contributed by atoms with Crippen molar-refractivity contribution in [1.82, 2.24) is 0 Å². The average molecular weight is 576 g/mol. The van der Waals surface area contributed by atoms with Crippen LogP contribution in [0.5, 0.6) is 0 Å². The molecule has 1 N–H and O–H groups in total. The normalized spacial score (nSPS) is 18.1. The molecule has 0 spiro atoms. The van der Waals surface area contributed by atoms with Crippen LogP contribution in [0.4, 0.5) is 24.5 Å². The Balaban J connectivity index is 1.52. The van der Waals surface area contributed by atoms with E-state index in [-0.39, 0.29) is 26.9 Å². The number of nitrogens with zero attached hydrogens (tertiary/aromatic N) is 1. The van der Waals surface area contributed by atoms with Crippen LogP contribution in [-0.4, -0.2) is 23.2 Å². The number of alkyl halides is 4. The van der Waals surface area contributed by atoms with Crippen LogP contribution in [0.25, 0.3) is 0 Å². The molecule has 4 rings (SSSR count). The number of carbonyl (C=O) groups excluding carboxylic acids is 2. The van der Waals surface area contributed by atoms with E-state index in [9.17, 15) is 22.8 Å². The molecule has 0 heterocycles. The van der Waals surface area contributed by atoms with E-state index in [1.54, 1.807) is 0 Å². The van der Waals surface area contributed by atoms with E-state index >= 15 is 0 Å². The molecule has 2 atom stereocenters. The highest BCUT2D eigenvalue weighted by atomic mass is 35.5. The van der Waals surface area contributed by atoms with E-state index in [0.717, 1.165) is 0 Å². The fourth-order valence-corrected chi connectivity index (χ4v) is 5.23. The van der Waals surface area contributed by atoms with Crippen LogP contribution in [0.3, 0.4) is 0 Å². The number of rotatable bonds is 6. The Morgan fingerprint density at radius 2 is 1.64 bits per heavy atom. The molecule has 1 fully saturated rings. The molecule has 11 heteroatoms. The third-order valence-corrected chi connectivity index (χ3v) is 7.53. The number of hydrogen-bond donors (Lipinski definition) is 1. The number of carbonyl (C=O) groups is 2. The second-order valence-electron chi connectivity index (χ2n) is 8.24. The first-order valence-corrected chi connectivity index (χ1v) is 12.0. The molecule has 0 aromatic heterocycles. The summed E-state index contributed by atoms with van der Waals surface area (Å²) < 4.78 is 37.8. The van der Waals surface area contributed by atoms with Gasteiger partial charge in [-0.3, -0.25) is 9.59 Å². The lowest BCUT2D eigenvalue weighted by Crippen LogP contribution is -2.26. The van der Waals surface area contributed by atoms with Gasteiger partial charge in [-0.1, -0.05) is 35.3 Å². The maximum Gasteiger partial charge on any atom is 0.265 e. The predicted octanol–water partition coefficient (Wildman–Crippen LogP) is 7.87. The van der Waals surface area contributed by atoms with Crippen molar-refractivity contribution in [2.24, 2.45) is 5.92 Å². The zero-order valence-electron chi connectivity index (χ0n) is 18.4. The van der Waals surface area contributed by atoms with Gasteiger partial charge in [0, 0.05) is 34.9 Å². The summed E-state index contributed by atoms with van der Waals surface area (Å²) in [6.07, 6.45) is -2.74. The molecular formula is C25H17Cl4F3N2O2. The highest BCUT2D eigenvalue weighted by Gasteiger charge is 2.67. The van der Waals surface area contributed by atoms with Crippen molar-refractivity contribution in [3.8, 4) is 0 Å². The molecule has 0 saturated heterocycles. The van der Waals surface area contributed by atoms with Crippen molar-refractivity contribution in [3.05, 3.63) is 93.2 Å². The summed E-state index contributed by atoms with van der Waals surface area (Å²) in [7, 11) is 1.51. The van der Waals surface area contributed by atoms with Crippen LogP contribution < -0.4 is 10.2 Å². The SMILES string of the molecule is CN(C(=O)c1cc(NC(=O)[C@H]2[C@H](c3ccc(C(F)F)c(Cl)c3)C2(Cl)Cl)ccc1Cl)c1ccc(F)cc1. The summed E-state index contributed by atoms with van der Waals surface area (Å²) in [5.74, 6) is -3.03. The molecule has 1 aliphatic rings. The van der Waals surface area contributed by atoms with Gasteiger partial charge >= 0.3 is 0 Å². The third kappa shape index (κ3) is 5.16. The fourth-order valence-electron chi connectivity index (χ4n) is 3.93. The lowest BCUT2D eigenvalue weighted by molar-refractivity contribution is -0.117. The molecule has 2 amide bonds. The highest BCUT2D eigenvalue weighted by Crippen LogP contribution is 2.65. The predicted molar refractivity (Wildman–Crippen MR) is 136 cm³/mol. The first-order chi connectivity index (χ1) is 16.9. The van der Waals surface area contributed by atoms with Crippen molar-refractivity contribution in [2.45, 2.75) is 16.7 Å². The molecule has 3 aromatic rings. The summed E-state index contributed by atoms with van der Waals surface area (Å²) in [6.45, 7) is 0. The Hall–Kier alpha value is -2.45. The fraction of sp³-hybridized carbons (Fsp3) is 0.200.